The molecule has 0 spiro atoms. The maximum Gasteiger partial charge on any atom is 0.416 e. The van der Waals surface area contributed by atoms with Crippen LogP contribution in [0.2, 0.25) is 0 Å². The van der Waals surface area contributed by atoms with Crippen molar-refractivity contribution in [2.24, 2.45) is 10.9 Å². The number of hydrogen-bond donors (Lipinski definition) is 2. The number of carbonyl (C=O) groups is 1. The van der Waals surface area contributed by atoms with Gasteiger partial charge < -0.3 is 5.11 Å². The lowest BCUT2D eigenvalue weighted by atomic mass is 10.2. The van der Waals surface area contributed by atoms with Crippen LogP contribution in [0.4, 0.5) is 4.79 Å². The van der Waals surface area contributed by atoms with E-state index in [4.69, 9.17) is 5.11 Å². The largest absolute Gasteiger partial charge is 0.464 e. The molecule has 8 heteroatoms. The van der Waals surface area contributed by atoms with E-state index in [9.17, 15) is 9.70 Å². The Morgan fingerprint density at radius 3 is 3.00 bits per heavy atom. The van der Waals surface area contributed by atoms with Crippen molar-refractivity contribution in [2.45, 2.75) is 12.8 Å². The molecular formula is C7H11N4O3S+. The molecule has 82 valence electrons. The SMILES string of the molecule is O=C(O)NSN1CC(C2CC2)=NC[N+]1=O. The van der Waals surface area contributed by atoms with Crippen molar-refractivity contribution in [3.05, 3.63) is 4.91 Å². The van der Waals surface area contributed by atoms with Gasteiger partial charge in [0.15, 0.2) is 4.87 Å². The fraction of sp³-hybridized carbons (Fsp3) is 0.714. The Balaban J connectivity index is 1.90. The van der Waals surface area contributed by atoms with Gasteiger partial charge in [0.1, 0.15) is 18.7 Å². The van der Waals surface area contributed by atoms with Gasteiger partial charge in [0.2, 0.25) is 0 Å². The maximum atomic E-state index is 11.3. The van der Waals surface area contributed by atoms with Gasteiger partial charge in [0.05, 0.1) is 4.91 Å². The fourth-order valence-electron chi connectivity index (χ4n) is 1.33. The number of nitrogens with zero attached hydrogens (tertiary/aromatic N) is 3. The zero-order valence-corrected chi connectivity index (χ0v) is 8.74. The summed E-state index contributed by atoms with van der Waals surface area (Å²) in [5.41, 5.74) is 1.00. The van der Waals surface area contributed by atoms with Crippen LogP contribution in [0.1, 0.15) is 12.8 Å². The van der Waals surface area contributed by atoms with Crippen LogP contribution >= 0.6 is 12.1 Å². The monoisotopic (exact) mass is 231 g/mol. The summed E-state index contributed by atoms with van der Waals surface area (Å²) in [5, 5.41) is 8.41. The highest BCUT2D eigenvalue weighted by Gasteiger charge is 2.36. The molecule has 0 unspecified atom stereocenters. The van der Waals surface area contributed by atoms with Gasteiger partial charge in [-0.3, -0.25) is 0 Å². The summed E-state index contributed by atoms with van der Waals surface area (Å²) in [4.78, 5) is 26.3. The van der Waals surface area contributed by atoms with Crippen LogP contribution in [0.3, 0.4) is 0 Å². The summed E-state index contributed by atoms with van der Waals surface area (Å²) in [6.07, 6.45) is 1.09. The number of nitrogens with one attached hydrogen (secondary N) is 1. The number of carboxylic acid groups (broad SMARTS) is 1. The highest BCUT2D eigenvalue weighted by Crippen LogP contribution is 2.32. The van der Waals surface area contributed by atoms with Gasteiger partial charge in [-0.25, -0.2) is 14.5 Å². The summed E-state index contributed by atoms with van der Waals surface area (Å²) in [6.45, 7) is 0.458. The molecule has 2 rings (SSSR count). The second kappa shape index (κ2) is 4.05. The van der Waals surface area contributed by atoms with Crippen molar-refractivity contribution in [1.29, 1.82) is 0 Å². The molecule has 2 aliphatic rings. The van der Waals surface area contributed by atoms with E-state index in [0.29, 0.717) is 17.3 Å². The van der Waals surface area contributed by atoms with E-state index in [2.05, 4.69) is 9.71 Å². The summed E-state index contributed by atoms with van der Waals surface area (Å²) in [5.74, 6) is 0.506. The summed E-state index contributed by atoms with van der Waals surface area (Å²) < 4.78 is 3.42. The Kier molecular flexibility index (Phi) is 2.76. The van der Waals surface area contributed by atoms with Gasteiger partial charge in [-0.05, 0) is 18.8 Å². The molecule has 0 bridgehead atoms. The van der Waals surface area contributed by atoms with Crippen LogP contribution in [0.15, 0.2) is 4.99 Å². The molecule has 15 heavy (non-hydrogen) atoms. The maximum absolute atomic E-state index is 11.3. The van der Waals surface area contributed by atoms with Crippen LogP contribution in [0.25, 0.3) is 0 Å². The molecule has 0 aromatic heterocycles. The molecule has 1 saturated carbocycles. The minimum absolute atomic E-state index is 0.0557. The summed E-state index contributed by atoms with van der Waals surface area (Å²) in [6, 6.07) is 0. The fourth-order valence-corrected chi connectivity index (χ4v) is 1.86. The smallest absolute Gasteiger partial charge is 0.416 e. The third-order valence-corrected chi connectivity index (χ3v) is 3.02. The van der Waals surface area contributed by atoms with Crippen LogP contribution in [0.5, 0.6) is 0 Å². The van der Waals surface area contributed by atoms with Crippen LogP contribution in [-0.4, -0.2) is 39.4 Å². The molecule has 7 nitrogen and oxygen atoms in total. The van der Waals surface area contributed by atoms with Crippen LogP contribution in [-0.2, 0) is 0 Å². The Hall–Kier alpha value is -1.31. The molecule has 0 radical (unpaired) electrons. The van der Waals surface area contributed by atoms with Crippen molar-refractivity contribution < 1.29 is 14.8 Å². The molecule has 0 aromatic carbocycles. The highest BCUT2D eigenvalue weighted by atomic mass is 32.2. The normalized spacial score (nSPS) is 21.2. The highest BCUT2D eigenvalue weighted by molar-refractivity contribution is 7.95. The van der Waals surface area contributed by atoms with Gasteiger partial charge in [0.25, 0.3) is 0 Å². The van der Waals surface area contributed by atoms with Crippen LogP contribution < -0.4 is 4.72 Å². The van der Waals surface area contributed by atoms with E-state index in [1.54, 1.807) is 0 Å². The first kappa shape index (κ1) is 10.2. The molecule has 1 heterocycles. The predicted molar refractivity (Wildman–Crippen MR) is 54.1 cm³/mol. The van der Waals surface area contributed by atoms with E-state index >= 15 is 0 Å². The van der Waals surface area contributed by atoms with E-state index in [1.807, 2.05) is 0 Å². The lowest BCUT2D eigenvalue weighted by molar-refractivity contribution is -0.672. The molecule has 1 aliphatic heterocycles. The third-order valence-electron chi connectivity index (χ3n) is 2.23. The van der Waals surface area contributed by atoms with E-state index < -0.39 is 6.09 Å². The van der Waals surface area contributed by atoms with Crippen molar-refractivity contribution in [3.8, 4) is 0 Å². The van der Waals surface area contributed by atoms with Crippen molar-refractivity contribution >= 4 is 23.9 Å². The van der Waals surface area contributed by atoms with E-state index in [-0.39, 0.29) is 6.67 Å². The molecule has 0 saturated heterocycles. The van der Waals surface area contributed by atoms with E-state index in [0.717, 1.165) is 30.7 Å². The minimum Gasteiger partial charge on any atom is -0.464 e. The first-order chi connectivity index (χ1) is 7.16. The Morgan fingerprint density at radius 2 is 2.40 bits per heavy atom. The van der Waals surface area contributed by atoms with Gasteiger partial charge in [0, 0.05) is 5.71 Å². The number of nitroso groups, excluding NO2 is 1. The number of rotatable bonds is 3. The molecule has 1 amide bonds. The first-order valence-corrected chi connectivity index (χ1v) is 5.35. The molecule has 1 fully saturated rings. The predicted octanol–water partition coefficient (Wildman–Crippen LogP) is 0.635. The second-order valence-electron chi connectivity index (χ2n) is 3.43. The van der Waals surface area contributed by atoms with Crippen molar-refractivity contribution in [2.75, 3.05) is 13.2 Å². The summed E-state index contributed by atoms with van der Waals surface area (Å²) in [7, 11) is 0. The zero-order valence-electron chi connectivity index (χ0n) is 7.92. The number of hydrazine groups is 1. The number of amides is 1. The molecule has 2 N–H and O–H groups in total. The second-order valence-corrected chi connectivity index (χ2v) is 4.23. The Labute approximate surface area is 90.3 Å². The van der Waals surface area contributed by atoms with Gasteiger partial charge in [-0.15, -0.1) is 0 Å². The molecule has 0 atom stereocenters. The zero-order chi connectivity index (χ0) is 10.8. The number of aliphatic imine (C=N–C) groups is 1. The van der Waals surface area contributed by atoms with Gasteiger partial charge >= 0.3 is 12.8 Å². The first-order valence-electron chi connectivity index (χ1n) is 4.58. The van der Waals surface area contributed by atoms with Gasteiger partial charge in [-0.2, -0.15) is 0 Å². The average Bonchev–Trinajstić information content (AvgIpc) is 3.00. The van der Waals surface area contributed by atoms with Crippen molar-refractivity contribution in [1.82, 2.24) is 9.14 Å². The molecular weight excluding hydrogens is 220 g/mol. The quantitative estimate of drug-likeness (QED) is 0.550. The Morgan fingerprint density at radius 1 is 1.67 bits per heavy atom. The lowest BCUT2D eigenvalue weighted by Gasteiger charge is -2.16. The third kappa shape index (κ3) is 2.58. The molecule has 1 aliphatic carbocycles. The van der Waals surface area contributed by atoms with Crippen molar-refractivity contribution in [3.63, 3.8) is 0 Å². The minimum atomic E-state index is -1.16. The summed E-state index contributed by atoms with van der Waals surface area (Å²) >= 11 is 0.779. The lowest BCUT2D eigenvalue weighted by Crippen LogP contribution is -2.40. The number of hydrogen-bond acceptors (Lipinski definition) is 4. The van der Waals surface area contributed by atoms with Crippen LogP contribution in [0, 0.1) is 10.8 Å². The average molecular weight is 231 g/mol. The topological polar surface area (TPSA) is 85.0 Å². The molecule has 0 aromatic rings. The van der Waals surface area contributed by atoms with E-state index in [1.165, 1.54) is 4.41 Å². The Bertz CT molecular complexity index is 328. The standard InChI is InChI=1S/C7H10N4O3S/c12-7(13)9-15-11-3-6(5-1-2-5)8-4-10(11)14/h5,9H,1-4H2/p+1. The van der Waals surface area contributed by atoms with Gasteiger partial charge in [-0.1, -0.05) is 4.41 Å².